The number of hydrogen-bond donors (Lipinski definition) is 0. The average molecular weight is 420 g/mol. The Labute approximate surface area is 159 Å². The van der Waals surface area contributed by atoms with Crippen molar-refractivity contribution in [1.29, 1.82) is 0 Å². The van der Waals surface area contributed by atoms with Crippen LogP contribution in [0, 0.1) is 0 Å². The number of fused-ring (bicyclic) bond motifs is 1. The van der Waals surface area contributed by atoms with Gasteiger partial charge in [0.15, 0.2) is 24.4 Å². The maximum absolute atomic E-state index is 12.3. The smallest absolute Gasteiger partial charge is 0.260 e. The molecular weight excluding hydrogens is 402 g/mol. The van der Waals surface area contributed by atoms with E-state index in [0.717, 1.165) is 10.0 Å². The zero-order valence-electron chi connectivity index (χ0n) is 14.2. The third-order valence-electron chi connectivity index (χ3n) is 3.90. The quantitative estimate of drug-likeness (QED) is 0.673. The van der Waals surface area contributed by atoms with Gasteiger partial charge < -0.3 is 19.1 Å². The predicted octanol–water partition coefficient (Wildman–Crippen LogP) is 3.07. The maximum Gasteiger partial charge on any atom is 0.260 e. The lowest BCUT2D eigenvalue weighted by Crippen LogP contribution is -2.31. The van der Waals surface area contributed by atoms with Gasteiger partial charge in [-0.1, -0.05) is 22.0 Å². The number of hydrogen-bond acceptors (Lipinski definition) is 5. The van der Waals surface area contributed by atoms with Crippen LogP contribution in [0.5, 0.6) is 17.2 Å². The fraction of sp³-hybridized carbons (Fsp3) is 0.263. The molecule has 26 heavy (non-hydrogen) atoms. The maximum atomic E-state index is 12.3. The summed E-state index contributed by atoms with van der Waals surface area (Å²) in [6.45, 7) is 1.33. The highest BCUT2D eigenvalue weighted by Gasteiger charge is 2.15. The molecule has 3 rings (SSSR count). The first-order valence-corrected chi connectivity index (χ1v) is 8.86. The van der Waals surface area contributed by atoms with E-state index in [1.807, 2.05) is 18.2 Å². The van der Waals surface area contributed by atoms with E-state index >= 15 is 0 Å². The van der Waals surface area contributed by atoms with E-state index in [9.17, 15) is 9.59 Å². The molecule has 0 bridgehead atoms. The standard InChI is InChI=1S/C19H18BrNO5/c1-21(10-13-2-4-17-18(8-13)25-7-6-24-17)19(23)12-26-16-5-3-15(20)9-14(16)11-22/h2-5,8-9,11H,6-7,10,12H2,1H3. The number of aldehydes is 1. The molecule has 0 aromatic heterocycles. The number of carbonyl (C=O) groups excluding carboxylic acids is 2. The Hall–Kier alpha value is -2.54. The molecule has 0 spiro atoms. The summed E-state index contributed by atoms with van der Waals surface area (Å²) >= 11 is 3.29. The van der Waals surface area contributed by atoms with Crippen LogP contribution in [-0.4, -0.2) is 44.0 Å². The topological polar surface area (TPSA) is 65.1 Å². The molecule has 0 atom stereocenters. The molecule has 1 amide bonds. The molecule has 136 valence electrons. The molecule has 0 aliphatic carbocycles. The van der Waals surface area contributed by atoms with Crippen LogP contribution in [0.15, 0.2) is 40.9 Å². The number of benzene rings is 2. The second-order valence-electron chi connectivity index (χ2n) is 5.82. The van der Waals surface area contributed by atoms with Crippen LogP contribution >= 0.6 is 15.9 Å². The summed E-state index contributed by atoms with van der Waals surface area (Å²) < 4.78 is 17.3. The fourth-order valence-corrected chi connectivity index (χ4v) is 2.92. The minimum atomic E-state index is -0.195. The summed E-state index contributed by atoms with van der Waals surface area (Å²) in [5.41, 5.74) is 1.32. The van der Waals surface area contributed by atoms with Crippen molar-refractivity contribution in [1.82, 2.24) is 4.90 Å². The lowest BCUT2D eigenvalue weighted by molar-refractivity contribution is -0.132. The van der Waals surface area contributed by atoms with Crippen LogP contribution in [0.3, 0.4) is 0 Å². The van der Waals surface area contributed by atoms with Crippen LogP contribution in [0.25, 0.3) is 0 Å². The van der Waals surface area contributed by atoms with Gasteiger partial charge >= 0.3 is 0 Å². The van der Waals surface area contributed by atoms with Crippen molar-refractivity contribution < 1.29 is 23.8 Å². The van der Waals surface area contributed by atoms with Gasteiger partial charge in [-0.05, 0) is 35.9 Å². The summed E-state index contributed by atoms with van der Waals surface area (Å²) in [4.78, 5) is 25.0. The van der Waals surface area contributed by atoms with Gasteiger partial charge in [0.05, 0.1) is 5.56 Å². The number of nitrogens with zero attached hydrogens (tertiary/aromatic N) is 1. The molecule has 0 radical (unpaired) electrons. The minimum absolute atomic E-state index is 0.149. The van der Waals surface area contributed by atoms with Crippen LogP contribution < -0.4 is 14.2 Å². The van der Waals surface area contributed by atoms with E-state index in [0.29, 0.717) is 48.9 Å². The Morgan fingerprint density at radius 2 is 1.96 bits per heavy atom. The number of likely N-dealkylation sites (N-methyl/N-ethyl adjacent to an activating group) is 1. The molecule has 2 aromatic rings. The van der Waals surface area contributed by atoms with Gasteiger partial charge in [0, 0.05) is 18.1 Å². The molecule has 0 N–H and O–H groups in total. The van der Waals surface area contributed by atoms with Gasteiger partial charge in [-0.15, -0.1) is 0 Å². The number of amides is 1. The first-order chi connectivity index (χ1) is 12.6. The normalized spacial score (nSPS) is 12.4. The van der Waals surface area contributed by atoms with Crippen LogP contribution in [-0.2, 0) is 11.3 Å². The summed E-state index contributed by atoms with van der Waals surface area (Å²) in [5.74, 6) is 1.59. The molecule has 0 saturated heterocycles. The first kappa shape index (κ1) is 18.3. The molecule has 2 aromatic carbocycles. The van der Waals surface area contributed by atoms with Crippen molar-refractivity contribution in [3.05, 3.63) is 52.0 Å². The second-order valence-corrected chi connectivity index (χ2v) is 6.73. The van der Waals surface area contributed by atoms with Gasteiger partial charge in [0.2, 0.25) is 0 Å². The molecular formula is C19H18BrNO5. The van der Waals surface area contributed by atoms with Crippen LogP contribution in [0.1, 0.15) is 15.9 Å². The van der Waals surface area contributed by atoms with E-state index in [4.69, 9.17) is 14.2 Å². The Morgan fingerprint density at radius 1 is 1.19 bits per heavy atom. The summed E-state index contributed by atoms with van der Waals surface area (Å²) in [6.07, 6.45) is 0.698. The van der Waals surface area contributed by atoms with Crippen molar-refractivity contribution in [3.8, 4) is 17.2 Å². The third kappa shape index (κ3) is 4.35. The molecule has 1 heterocycles. The van der Waals surface area contributed by atoms with Crippen LogP contribution in [0.4, 0.5) is 0 Å². The summed E-state index contributed by atoms with van der Waals surface area (Å²) in [7, 11) is 1.70. The average Bonchev–Trinajstić information content (AvgIpc) is 2.66. The third-order valence-corrected chi connectivity index (χ3v) is 4.40. The Balaban J connectivity index is 1.59. The van der Waals surface area contributed by atoms with Gasteiger partial charge in [-0.2, -0.15) is 0 Å². The Bertz CT molecular complexity index is 824. The lowest BCUT2D eigenvalue weighted by atomic mass is 10.2. The van der Waals surface area contributed by atoms with Crippen molar-refractivity contribution in [2.45, 2.75) is 6.54 Å². The highest BCUT2D eigenvalue weighted by atomic mass is 79.9. The van der Waals surface area contributed by atoms with Gasteiger partial charge in [0.1, 0.15) is 19.0 Å². The monoisotopic (exact) mass is 419 g/mol. The predicted molar refractivity (Wildman–Crippen MR) is 98.9 cm³/mol. The van der Waals surface area contributed by atoms with Crippen molar-refractivity contribution >= 4 is 28.1 Å². The van der Waals surface area contributed by atoms with E-state index in [1.165, 1.54) is 0 Å². The van der Waals surface area contributed by atoms with Gasteiger partial charge in [-0.3, -0.25) is 9.59 Å². The fourth-order valence-electron chi connectivity index (χ4n) is 2.54. The Kier molecular flexibility index (Phi) is 5.78. The Morgan fingerprint density at radius 3 is 2.73 bits per heavy atom. The molecule has 0 unspecified atom stereocenters. The molecule has 1 aliphatic rings. The molecule has 7 heteroatoms. The van der Waals surface area contributed by atoms with Gasteiger partial charge in [-0.25, -0.2) is 0 Å². The molecule has 0 fully saturated rings. The summed E-state index contributed by atoms with van der Waals surface area (Å²) in [5, 5.41) is 0. The zero-order chi connectivity index (χ0) is 18.5. The number of rotatable bonds is 6. The van der Waals surface area contributed by atoms with Crippen molar-refractivity contribution in [3.63, 3.8) is 0 Å². The van der Waals surface area contributed by atoms with Crippen LogP contribution in [0.2, 0.25) is 0 Å². The van der Waals surface area contributed by atoms with Crippen molar-refractivity contribution in [2.75, 3.05) is 26.9 Å². The SMILES string of the molecule is CN(Cc1ccc2c(c1)OCCO2)C(=O)COc1ccc(Br)cc1C=O. The first-order valence-electron chi connectivity index (χ1n) is 8.07. The van der Waals surface area contributed by atoms with E-state index in [-0.39, 0.29) is 12.5 Å². The largest absolute Gasteiger partial charge is 0.486 e. The lowest BCUT2D eigenvalue weighted by Gasteiger charge is -2.21. The second kappa shape index (κ2) is 8.23. The molecule has 0 saturated carbocycles. The number of ether oxygens (including phenoxy) is 3. The highest BCUT2D eigenvalue weighted by Crippen LogP contribution is 2.31. The molecule has 1 aliphatic heterocycles. The van der Waals surface area contributed by atoms with E-state index < -0.39 is 0 Å². The van der Waals surface area contributed by atoms with E-state index in [2.05, 4.69) is 15.9 Å². The van der Waals surface area contributed by atoms with E-state index in [1.54, 1.807) is 30.1 Å². The number of halogens is 1. The minimum Gasteiger partial charge on any atom is -0.486 e. The number of carbonyl (C=O) groups is 2. The summed E-state index contributed by atoms with van der Waals surface area (Å²) in [6, 6.07) is 10.7. The highest BCUT2D eigenvalue weighted by molar-refractivity contribution is 9.10. The van der Waals surface area contributed by atoms with Gasteiger partial charge in [0.25, 0.3) is 5.91 Å². The molecule has 6 nitrogen and oxygen atoms in total. The van der Waals surface area contributed by atoms with Crippen molar-refractivity contribution in [2.24, 2.45) is 0 Å². The zero-order valence-corrected chi connectivity index (χ0v) is 15.8.